The number of unbranched alkanes of at least 4 members (excludes halogenated alkanes) is 2. The molecule has 0 saturated carbocycles. The molecular weight excluding hydrogens is 444 g/mol. The van der Waals surface area contributed by atoms with Crippen LogP contribution < -0.4 is 0 Å². The minimum absolute atomic E-state index is 0.0946. The molecule has 0 bridgehead atoms. The number of hydrogen-bond acceptors (Lipinski definition) is 6. The number of nitrogens with one attached hydrogen (secondary N) is 1. The zero-order chi connectivity index (χ0) is 24.9. The normalized spacial score (nSPS) is 11.7. The molecule has 7 heteroatoms. The average Bonchev–Trinajstić information content (AvgIpc) is 3.22. The number of phenolic OH excluding ortho intramolecular Hbond substituents is 1. The summed E-state index contributed by atoms with van der Waals surface area (Å²) in [7, 11) is 0. The maximum atomic E-state index is 13.2. The van der Waals surface area contributed by atoms with Gasteiger partial charge in [-0.25, -0.2) is 4.79 Å². The lowest BCUT2D eigenvalue weighted by atomic mass is 9.98. The number of ketones is 2. The molecule has 1 heterocycles. The monoisotopic (exact) mass is 470 g/mol. The van der Waals surface area contributed by atoms with Gasteiger partial charge in [0.25, 0.3) is 0 Å². The van der Waals surface area contributed by atoms with Gasteiger partial charge in [-0.3, -0.25) is 9.59 Å². The molecule has 0 atom stereocenters. The van der Waals surface area contributed by atoms with Crippen LogP contribution in [0.15, 0.2) is 65.8 Å². The van der Waals surface area contributed by atoms with Crippen molar-refractivity contribution in [2.45, 2.75) is 39.5 Å². The second-order valence-electron chi connectivity index (χ2n) is 8.43. The number of nitrogens with zero attached hydrogens (tertiary/aromatic N) is 1. The molecule has 0 unspecified atom stereocenters. The van der Waals surface area contributed by atoms with Gasteiger partial charge >= 0.3 is 5.97 Å². The number of benzene rings is 3. The Morgan fingerprint density at radius 1 is 0.857 bits per heavy atom. The molecule has 7 nitrogen and oxygen atoms in total. The second-order valence-corrected chi connectivity index (χ2v) is 8.43. The number of aromatic amines is 1. The Kier molecular flexibility index (Phi) is 7.06. The predicted octanol–water partition coefficient (Wildman–Crippen LogP) is 5.94. The topological polar surface area (TPSA) is 109 Å². The lowest BCUT2D eigenvalue weighted by Gasteiger charge is -2.06. The number of carbonyl (C=O) groups excluding carboxylic acids is 3. The zero-order valence-corrected chi connectivity index (χ0v) is 19.6. The van der Waals surface area contributed by atoms with Crippen LogP contribution in [0, 0.1) is 0 Å². The molecule has 0 amide bonds. The van der Waals surface area contributed by atoms with Gasteiger partial charge in [0.2, 0.25) is 5.78 Å². The number of oxime groups is 1. The van der Waals surface area contributed by atoms with Gasteiger partial charge in [-0.05, 0) is 73.5 Å². The number of hydrogen-bond donors (Lipinski definition) is 2. The third-order valence-electron chi connectivity index (χ3n) is 5.82. The van der Waals surface area contributed by atoms with Crippen LogP contribution in [0.2, 0.25) is 0 Å². The van der Waals surface area contributed by atoms with E-state index >= 15 is 0 Å². The minimum atomic E-state index is -0.580. The fraction of sp³-hybridized carbons (Fsp3) is 0.214. The molecule has 0 aliphatic heterocycles. The Bertz CT molecular complexity index is 1450. The largest absolute Gasteiger partial charge is 0.508 e. The number of H-pyrrole nitrogens is 1. The Morgan fingerprint density at radius 2 is 1.46 bits per heavy atom. The molecule has 2 N–H and O–H groups in total. The van der Waals surface area contributed by atoms with Gasteiger partial charge in [0.05, 0.1) is 0 Å². The van der Waals surface area contributed by atoms with Gasteiger partial charge in [-0.15, -0.1) is 0 Å². The first-order valence-electron chi connectivity index (χ1n) is 11.6. The number of phenols is 1. The van der Waals surface area contributed by atoms with Gasteiger partial charge in [-0.2, -0.15) is 0 Å². The fourth-order valence-electron chi connectivity index (χ4n) is 3.99. The summed E-state index contributed by atoms with van der Waals surface area (Å²) >= 11 is 0. The van der Waals surface area contributed by atoms with Crippen LogP contribution in [0.3, 0.4) is 0 Å². The Balaban J connectivity index is 1.71. The third-order valence-corrected chi connectivity index (χ3v) is 5.82. The number of rotatable bonds is 9. The van der Waals surface area contributed by atoms with Crippen LogP contribution in [-0.4, -0.2) is 33.3 Å². The van der Waals surface area contributed by atoms with Crippen molar-refractivity contribution >= 4 is 45.1 Å². The van der Waals surface area contributed by atoms with Crippen molar-refractivity contribution < 1.29 is 24.3 Å². The summed E-state index contributed by atoms with van der Waals surface area (Å²) in [6.07, 6.45) is 3.10. The molecule has 1 aromatic heterocycles. The van der Waals surface area contributed by atoms with Crippen LogP contribution in [0.25, 0.3) is 21.8 Å². The van der Waals surface area contributed by atoms with Crippen LogP contribution in [-0.2, 0) is 9.63 Å². The van der Waals surface area contributed by atoms with E-state index in [0.717, 1.165) is 41.1 Å². The van der Waals surface area contributed by atoms with E-state index in [0.29, 0.717) is 23.1 Å². The van der Waals surface area contributed by atoms with E-state index in [1.54, 1.807) is 36.4 Å². The third kappa shape index (κ3) is 5.30. The summed E-state index contributed by atoms with van der Waals surface area (Å²) in [5, 5.41) is 14.9. The number of fused-ring (bicyclic) bond motifs is 3. The zero-order valence-electron chi connectivity index (χ0n) is 19.6. The first kappa shape index (κ1) is 23.9. The van der Waals surface area contributed by atoms with Crippen molar-refractivity contribution in [1.82, 2.24) is 4.98 Å². The molecule has 35 heavy (non-hydrogen) atoms. The van der Waals surface area contributed by atoms with E-state index in [-0.39, 0.29) is 23.0 Å². The molecule has 0 spiro atoms. The lowest BCUT2D eigenvalue weighted by molar-refractivity contribution is -0.140. The molecule has 0 saturated heterocycles. The smallest absolute Gasteiger partial charge is 0.331 e. The number of carbonyl (C=O) groups is 3. The molecule has 0 aliphatic rings. The summed E-state index contributed by atoms with van der Waals surface area (Å²) in [6.45, 7) is 3.31. The van der Waals surface area contributed by atoms with E-state index in [2.05, 4.69) is 17.1 Å². The highest BCUT2D eigenvalue weighted by Gasteiger charge is 2.18. The molecule has 0 fully saturated rings. The first-order valence-corrected chi connectivity index (χ1v) is 11.6. The van der Waals surface area contributed by atoms with Crippen molar-refractivity contribution in [2.24, 2.45) is 5.16 Å². The lowest BCUT2D eigenvalue weighted by Crippen LogP contribution is -2.16. The van der Waals surface area contributed by atoms with Gasteiger partial charge in [0, 0.05) is 45.4 Å². The summed E-state index contributed by atoms with van der Waals surface area (Å²) < 4.78 is 0. The summed E-state index contributed by atoms with van der Waals surface area (Å²) in [5.41, 5.74) is 3.26. The summed E-state index contributed by atoms with van der Waals surface area (Å²) in [5.74, 6) is -0.948. The van der Waals surface area contributed by atoms with Gasteiger partial charge in [0.15, 0.2) is 5.78 Å². The summed E-state index contributed by atoms with van der Waals surface area (Å²) in [6, 6.07) is 16.8. The van der Waals surface area contributed by atoms with Gasteiger partial charge in [0.1, 0.15) is 11.5 Å². The predicted molar refractivity (Wildman–Crippen MR) is 135 cm³/mol. The number of aromatic hydroxyl groups is 1. The Hall–Kier alpha value is -4.26. The standard InChI is InChI=1S/C28H26N2O5/c1-3-4-5-6-26(30-35-17(2)31)28(34)20-10-14-25-23(16-20)22-15-19(9-13-24(22)29-25)27(33)18-7-11-21(32)12-8-18/h7-16,29,32H,3-6H2,1-2H3/b30-26+. The van der Waals surface area contributed by atoms with Gasteiger partial charge in [-0.1, -0.05) is 24.9 Å². The fourth-order valence-corrected chi connectivity index (χ4v) is 3.99. The highest BCUT2D eigenvalue weighted by atomic mass is 16.7. The van der Waals surface area contributed by atoms with E-state index in [1.165, 1.54) is 19.1 Å². The minimum Gasteiger partial charge on any atom is -0.508 e. The highest BCUT2D eigenvalue weighted by Crippen LogP contribution is 2.28. The quantitative estimate of drug-likeness (QED) is 0.103. The van der Waals surface area contributed by atoms with E-state index < -0.39 is 5.97 Å². The maximum absolute atomic E-state index is 13.2. The first-order chi connectivity index (χ1) is 16.9. The van der Waals surface area contributed by atoms with Crippen LogP contribution in [0.1, 0.15) is 65.8 Å². The molecule has 3 aromatic carbocycles. The van der Waals surface area contributed by atoms with E-state index in [9.17, 15) is 19.5 Å². The molecular formula is C28H26N2O5. The van der Waals surface area contributed by atoms with E-state index in [1.807, 2.05) is 12.1 Å². The van der Waals surface area contributed by atoms with Crippen molar-refractivity contribution in [3.63, 3.8) is 0 Å². The van der Waals surface area contributed by atoms with Crippen LogP contribution in [0.4, 0.5) is 0 Å². The number of aromatic nitrogens is 1. The number of Topliss-reactive ketones (excluding diaryl/α,β-unsaturated/α-hetero) is 1. The highest BCUT2D eigenvalue weighted by molar-refractivity contribution is 6.46. The average molecular weight is 471 g/mol. The van der Waals surface area contributed by atoms with Crippen molar-refractivity contribution in [3.05, 3.63) is 77.4 Å². The van der Waals surface area contributed by atoms with Crippen LogP contribution in [0.5, 0.6) is 5.75 Å². The molecule has 0 radical (unpaired) electrons. The van der Waals surface area contributed by atoms with Gasteiger partial charge < -0.3 is 14.9 Å². The SMILES string of the molecule is CCCCC/C(=N\OC(C)=O)C(=O)c1ccc2[nH]c3ccc(C(=O)c4ccc(O)cc4)cc3c2c1. The van der Waals surface area contributed by atoms with Crippen molar-refractivity contribution in [1.29, 1.82) is 0 Å². The molecule has 4 aromatic rings. The second kappa shape index (κ2) is 10.3. The van der Waals surface area contributed by atoms with Crippen LogP contribution >= 0.6 is 0 Å². The maximum Gasteiger partial charge on any atom is 0.331 e. The Morgan fingerprint density at radius 3 is 2.09 bits per heavy atom. The molecule has 0 aliphatic carbocycles. The van der Waals surface area contributed by atoms with E-state index in [4.69, 9.17) is 4.84 Å². The summed E-state index contributed by atoms with van der Waals surface area (Å²) in [4.78, 5) is 45.5. The van der Waals surface area contributed by atoms with Crippen molar-refractivity contribution in [3.8, 4) is 5.75 Å². The van der Waals surface area contributed by atoms with Crippen molar-refractivity contribution in [2.75, 3.05) is 0 Å². The Labute approximate surface area is 202 Å². The molecule has 4 rings (SSSR count). The molecule has 178 valence electrons.